The van der Waals surface area contributed by atoms with Crippen molar-refractivity contribution in [1.29, 1.82) is 0 Å². The van der Waals surface area contributed by atoms with Crippen molar-refractivity contribution in [2.24, 2.45) is 11.3 Å². The molecule has 0 heterocycles. The van der Waals surface area contributed by atoms with Gasteiger partial charge in [-0.3, -0.25) is 0 Å². The molecule has 1 N–H and O–H groups in total. The summed E-state index contributed by atoms with van der Waals surface area (Å²) in [4.78, 5) is 11.8. The number of benzene rings is 1. The summed E-state index contributed by atoms with van der Waals surface area (Å²) in [5.74, 6) is 0.745. The molecule has 31 heavy (non-hydrogen) atoms. The summed E-state index contributed by atoms with van der Waals surface area (Å²) in [6, 6.07) is 8.27. The Morgan fingerprint density at radius 3 is 2.39 bits per heavy atom. The molecule has 0 saturated carbocycles. The van der Waals surface area contributed by atoms with Gasteiger partial charge < -0.3 is 14.6 Å². The average Bonchev–Trinajstić information content (AvgIpc) is 2.73. The Morgan fingerprint density at radius 1 is 1.13 bits per heavy atom. The molecule has 170 valence electrons. The molecule has 0 fully saturated rings. The molecule has 1 aromatic carbocycles. The number of carboxylic acid groups (broad SMARTS) is 1. The maximum atomic E-state index is 11.8. The number of rotatable bonds is 11. The fourth-order valence-electron chi connectivity index (χ4n) is 4.23. The summed E-state index contributed by atoms with van der Waals surface area (Å²) < 4.78 is 11.5. The summed E-state index contributed by atoms with van der Waals surface area (Å²) in [6.45, 7) is 10.9. The van der Waals surface area contributed by atoms with Crippen molar-refractivity contribution in [3.63, 3.8) is 0 Å². The van der Waals surface area contributed by atoms with Crippen LogP contribution in [-0.4, -0.2) is 24.8 Å². The highest BCUT2D eigenvalue weighted by Crippen LogP contribution is 2.48. The lowest BCUT2D eigenvalue weighted by atomic mass is 9.66. The lowest BCUT2D eigenvalue weighted by Gasteiger charge is -2.40. The van der Waals surface area contributed by atoms with Crippen molar-refractivity contribution in [3.8, 4) is 5.75 Å². The summed E-state index contributed by atoms with van der Waals surface area (Å²) >= 11 is 0. The van der Waals surface area contributed by atoms with Crippen LogP contribution >= 0.6 is 0 Å². The number of hydrogen-bond acceptors (Lipinski definition) is 3. The quantitative estimate of drug-likeness (QED) is 0.315. The van der Waals surface area contributed by atoms with E-state index in [1.165, 1.54) is 24.8 Å². The molecule has 1 aliphatic rings. The standard InChI is InChI=1S/C27H38O4/c1-7-8-9-10-18-31-22-16-14-21(15-17-22)12-11-13-23-25(30-6)19(2)24(26(28)29)20(3)27(23,4)5/h11,13-17,23H,7-10,12,18H2,1-6H3,(H,28,29). The Bertz CT molecular complexity index is 840. The lowest BCUT2D eigenvalue weighted by Crippen LogP contribution is -2.33. The summed E-state index contributed by atoms with van der Waals surface area (Å²) in [7, 11) is 1.62. The van der Waals surface area contributed by atoms with E-state index in [0.29, 0.717) is 11.1 Å². The van der Waals surface area contributed by atoms with Crippen molar-refractivity contribution in [1.82, 2.24) is 0 Å². The SMILES string of the molecule is CCCCCCOc1ccc(CC=CC2C(OC)=C(C)C(C(=O)O)=C(C)C2(C)C)cc1. The third kappa shape index (κ3) is 6.03. The first-order valence-electron chi connectivity index (χ1n) is 11.3. The number of unbranched alkanes of at least 4 members (excludes halogenated alkanes) is 3. The molecule has 0 bridgehead atoms. The Labute approximate surface area is 187 Å². The van der Waals surface area contributed by atoms with Gasteiger partial charge >= 0.3 is 5.97 Å². The highest BCUT2D eigenvalue weighted by Gasteiger charge is 2.41. The molecular weight excluding hydrogens is 388 g/mol. The number of carboxylic acids is 1. The molecule has 0 saturated heterocycles. The van der Waals surface area contributed by atoms with Gasteiger partial charge in [0.05, 0.1) is 19.3 Å². The molecule has 1 unspecified atom stereocenters. The van der Waals surface area contributed by atoms with E-state index >= 15 is 0 Å². The van der Waals surface area contributed by atoms with Crippen molar-refractivity contribution in [3.05, 3.63) is 64.5 Å². The first-order chi connectivity index (χ1) is 14.7. The molecule has 0 spiro atoms. The van der Waals surface area contributed by atoms with E-state index in [4.69, 9.17) is 9.47 Å². The van der Waals surface area contributed by atoms with Crippen LogP contribution in [0.4, 0.5) is 0 Å². The van der Waals surface area contributed by atoms with Gasteiger partial charge in [-0.25, -0.2) is 4.79 Å². The second-order valence-electron chi connectivity index (χ2n) is 8.88. The highest BCUT2D eigenvalue weighted by atomic mass is 16.5. The highest BCUT2D eigenvalue weighted by molar-refractivity contribution is 5.93. The Hall–Kier alpha value is -2.49. The van der Waals surface area contributed by atoms with Crippen LogP contribution in [0.1, 0.15) is 65.9 Å². The molecule has 1 aromatic rings. The summed E-state index contributed by atoms with van der Waals surface area (Å²) in [5, 5.41) is 9.67. The van der Waals surface area contributed by atoms with Crippen LogP contribution < -0.4 is 4.74 Å². The van der Waals surface area contributed by atoms with Crippen LogP contribution in [0.25, 0.3) is 0 Å². The van der Waals surface area contributed by atoms with Gasteiger partial charge in [0.1, 0.15) is 11.5 Å². The zero-order valence-corrected chi connectivity index (χ0v) is 20.0. The first kappa shape index (κ1) is 24.8. The minimum atomic E-state index is -0.896. The van der Waals surface area contributed by atoms with Gasteiger partial charge in [-0.05, 0) is 49.8 Å². The van der Waals surface area contributed by atoms with Crippen molar-refractivity contribution < 1.29 is 19.4 Å². The second-order valence-corrected chi connectivity index (χ2v) is 8.88. The molecule has 0 amide bonds. The molecule has 0 aromatic heterocycles. The van der Waals surface area contributed by atoms with Crippen LogP contribution in [0.15, 0.2) is 58.9 Å². The fraction of sp³-hybridized carbons (Fsp3) is 0.519. The number of methoxy groups -OCH3 is 1. The van der Waals surface area contributed by atoms with E-state index in [-0.39, 0.29) is 11.3 Å². The maximum Gasteiger partial charge on any atom is 0.336 e. The van der Waals surface area contributed by atoms with Gasteiger partial charge in [0.25, 0.3) is 0 Å². The predicted octanol–water partition coefficient (Wildman–Crippen LogP) is 6.72. The Kier molecular flexibility index (Phi) is 8.97. The average molecular weight is 427 g/mol. The van der Waals surface area contributed by atoms with E-state index in [2.05, 4.69) is 45.1 Å². The van der Waals surface area contributed by atoms with Gasteiger partial charge in [0, 0.05) is 11.5 Å². The number of hydrogen-bond donors (Lipinski definition) is 1. The summed E-state index contributed by atoms with van der Waals surface area (Å²) in [6.07, 6.45) is 9.92. The van der Waals surface area contributed by atoms with Gasteiger partial charge in [0.15, 0.2) is 0 Å². The van der Waals surface area contributed by atoms with Crippen LogP contribution in [-0.2, 0) is 16.0 Å². The van der Waals surface area contributed by atoms with Crippen LogP contribution in [0, 0.1) is 11.3 Å². The van der Waals surface area contributed by atoms with Gasteiger partial charge in [-0.15, -0.1) is 0 Å². The zero-order valence-electron chi connectivity index (χ0n) is 20.0. The molecule has 4 heteroatoms. The topological polar surface area (TPSA) is 55.8 Å². The molecular formula is C27H38O4. The monoisotopic (exact) mass is 426 g/mol. The van der Waals surface area contributed by atoms with Gasteiger partial charge in [0.2, 0.25) is 0 Å². The maximum absolute atomic E-state index is 11.8. The largest absolute Gasteiger partial charge is 0.500 e. The van der Waals surface area contributed by atoms with E-state index in [1.807, 2.05) is 26.0 Å². The van der Waals surface area contributed by atoms with Crippen LogP contribution in [0.5, 0.6) is 5.75 Å². The van der Waals surface area contributed by atoms with Gasteiger partial charge in [-0.1, -0.05) is 69.9 Å². The minimum absolute atomic E-state index is 0.00803. The molecule has 1 atom stereocenters. The van der Waals surface area contributed by atoms with E-state index in [9.17, 15) is 9.90 Å². The fourth-order valence-corrected chi connectivity index (χ4v) is 4.23. The normalized spacial score (nSPS) is 18.6. The third-order valence-corrected chi connectivity index (χ3v) is 6.45. The van der Waals surface area contributed by atoms with E-state index in [1.54, 1.807) is 7.11 Å². The molecule has 2 rings (SSSR count). The van der Waals surface area contributed by atoms with Crippen molar-refractivity contribution in [2.75, 3.05) is 13.7 Å². The minimum Gasteiger partial charge on any atom is -0.500 e. The van der Waals surface area contributed by atoms with Crippen molar-refractivity contribution >= 4 is 5.97 Å². The van der Waals surface area contributed by atoms with Gasteiger partial charge in [-0.2, -0.15) is 0 Å². The van der Waals surface area contributed by atoms with Crippen molar-refractivity contribution in [2.45, 2.75) is 66.7 Å². The second kappa shape index (κ2) is 11.2. The molecule has 0 aliphatic heterocycles. The molecule has 1 aliphatic carbocycles. The lowest BCUT2D eigenvalue weighted by molar-refractivity contribution is -0.132. The molecule has 0 radical (unpaired) electrons. The number of carbonyl (C=O) groups is 1. The van der Waals surface area contributed by atoms with E-state index in [0.717, 1.165) is 36.5 Å². The van der Waals surface area contributed by atoms with Crippen LogP contribution in [0.3, 0.4) is 0 Å². The van der Waals surface area contributed by atoms with E-state index < -0.39 is 5.97 Å². The first-order valence-corrected chi connectivity index (χ1v) is 11.3. The Morgan fingerprint density at radius 2 is 1.81 bits per heavy atom. The zero-order chi connectivity index (χ0) is 23.0. The third-order valence-electron chi connectivity index (χ3n) is 6.45. The summed E-state index contributed by atoms with van der Waals surface area (Å²) in [5.41, 5.74) is 2.83. The number of ether oxygens (including phenoxy) is 2. The predicted molar refractivity (Wildman–Crippen MR) is 126 cm³/mol. The Balaban J connectivity index is 2.05. The molecule has 4 nitrogen and oxygen atoms in total. The number of allylic oxidation sites excluding steroid dienone is 3. The smallest absolute Gasteiger partial charge is 0.336 e. The number of aliphatic carboxylic acids is 1. The van der Waals surface area contributed by atoms with Crippen LogP contribution in [0.2, 0.25) is 0 Å².